The Hall–Kier alpha value is -3.91. The van der Waals surface area contributed by atoms with Crippen molar-refractivity contribution < 1.29 is 4.79 Å². The number of H-pyrrole nitrogens is 1. The van der Waals surface area contributed by atoms with Gasteiger partial charge in [-0.2, -0.15) is 0 Å². The van der Waals surface area contributed by atoms with Gasteiger partial charge in [0.1, 0.15) is 5.69 Å². The van der Waals surface area contributed by atoms with Gasteiger partial charge in [-0.3, -0.25) is 9.79 Å². The predicted octanol–water partition coefficient (Wildman–Crippen LogP) is 5.56. The van der Waals surface area contributed by atoms with Crippen molar-refractivity contribution in [3.05, 3.63) is 77.4 Å². The summed E-state index contributed by atoms with van der Waals surface area (Å²) >= 11 is 6.51. The van der Waals surface area contributed by atoms with Crippen molar-refractivity contribution >= 4 is 52.0 Å². The largest absolute Gasteiger partial charge is 0.383 e. The highest BCUT2D eigenvalue weighted by atomic mass is 35.5. The smallest absolute Gasteiger partial charge is 0.267 e. The van der Waals surface area contributed by atoms with Crippen molar-refractivity contribution in [1.82, 2.24) is 25.2 Å². The van der Waals surface area contributed by atoms with Gasteiger partial charge in [-0.25, -0.2) is 9.97 Å². The van der Waals surface area contributed by atoms with Crippen molar-refractivity contribution in [1.29, 1.82) is 0 Å². The van der Waals surface area contributed by atoms with Crippen LogP contribution in [0.2, 0.25) is 5.02 Å². The summed E-state index contributed by atoms with van der Waals surface area (Å²) in [5.74, 6) is 0.176. The van der Waals surface area contributed by atoms with Gasteiger partial charge in [0, 0.05) is 44.1 Å². The van der Waals surface area contributed by atoms with Crippen LogP contribution in [-0.2, 0) is 0 Å². The van der Waals surface area contributed by atoms with Crippen LogP contribution >= 0.6 is 11.6 Å². The van der Waals surface area contributed by atoms with E-state index in [0.29, 0.717) is 40.1 Å². The number of nitrogens with one attached hydrogen (secondary N) is 3. The number of benzene rings is 1. The van der Waals surface area contributed by atoms with Gasteiger partial charge in [-0.1, -0.05) is 31.2 Å². The lowest BCUT2D eigenvalue weighted by Crippen LogP contribution is -2.25. The normalized spacial score (nSPS) is 12.0. The average Bonchev–Trinajstić information content (AvgIpc) is 3.27. The minimum Gasteiger partial charge on any atom is -0.383 e. The molecule has 0 aliphatic carbocycles. The molecule has 0 radical (unpaired) electrons. The number of nitrogens with zero attached hydrogens (tertiary/aromatic N) is 4. The lowest BCUT2D eigenvalue weighted by atomic mass is 10.2. The van der Waals surface area contributed by atoms with Crippen LogP contribution in [0.15, 0.2) is 66.0 Å². The fourth-order valence-electron chi connectivity index (χ4n) is 3.17. The first-order chi connectivity index (χ1) is 16.8. The standard InChI is InChI=1S/C26H30ClN7O/c1-6-10-28-21(7-2)22-8-11-29-26(33-22)31-19-13-18-14-23(32-24(18)20(27)15-19)25(35)30-16-17(3)9-12-34(4)5/h7-15,32H,3,6,16H2,1-2,4-5H3,(H,30,35)(H,29,31,33)/b12-9-,21-7-,28-10?. The number of aliphatic imine (C=N–C) groups is 1. The molecule has 182 valence electrons. The molecular weight excluding hydrogens is 462 g/mol. The number of hydrogen-bond donors (Lipinski definition) is 3. The highest BCUT2D eigenvalue weighted by Crippen LogP contribution is 2.29. The van der Waals surface area contributed by atoms with Gasteiger partial charge < -0.3 is 20.5 Å². The van der Waals surface area contributed by atoms with Gasteiger partial charge in [0.2, 0.25) is 5.95 Å². The van der Waals surface area contributed by atoms with Crippen LogP contribution in [0.3, 0.4) is 0 Å². The Labute approximate surface area is 210 Å². The highest BCUT2D eigenvalue weighted by Gasteiger charge is 2.13. The summed E-state index contributed by atoms with van der Waals surface area (Å²) in [5.41, 5.74) is 4.06. The third-order valence-electron chi connectivity index (χ3n) is 4.87. The number of halogens is 1. The van der Waals surface area contributed by atoms with Crippen molar-refractivity contribution in [2.75, 3.05) is 26.0 Å². The second-order valence-electron chi connectivity index (χ2n) is 8.01. The third-order valence-corrected chi connectivity index (χ3v) is 5.17. The molecule has 1 aromatic carbocycles. The number of aromatic nitrogens is 3. The van der Waals surface area contributed by atoms with Gasteiger partial charge in [0.25, 0.3) is 5.91 Å². The van der Waals surface area contributed by atoms with E-state index in [1.54, 1.807) is 18.3 Å². The highest BCUT2D eigenvalue weighted by molar-refractivity contribution is 6.35. The average molecular weight is 492 g/mol. The van der Waals surface area contributed by atoms with Crippen molar-refractivity contribution in [2.24, 2.45) is 4.99 Å². The minimum atomic E-state index is -0.242. The molecule has 0 spiro atoms. The molecule has 9 heteroatoms. The summed E-state index contributed by atoms with van der Waals surface area (Å²) in [5, 5.41) is 7.31. The van der Waals surface area contributed by atoms with Crippen LogP contribution in [0.25, 0.3) is 16.6 Å². The molecule has 0 saturated carbocycles. The lowest BCUT2D eigenvalue weighted by molar-refractivity contribution is 0.0953. The fourth-order valence-corrected chi connectivity index (χ4v) is 3.44. The Balaban J connectivity index is 1.77. The molecule has 0 atom stereocenters. The molecule has 0 unspecified atom stereocenters. The number of carbonyl (C=O) groups is 1. The van der Waals surface area contributed by atoms with Crippen LogP contribution in [0.4, 0.5) is 11.6 Å². The SMILES string of the molecule is C=C(/C=C\N(C)C)CNC(=O)c1cc2cc(Nc3nccc(/C(=C/C)N=CCC)n3)cc(Cl)c2[nH]1. The van der Waals surface area contributed by atoms with Crippen LogP contribution in [0.1, 0.15) is 36.5 Å². The molecular formula is C26H30ClN7O. The summed E-state index contributed by atoms with van der Waals surface area (Å²) in [7, 11) is 3.84. The topological polar surface area (TPSA) is 98.3 Å². The van der Waals surface area contributed by atoms with Crippen molar-refractivity contribution in [3.8, 4) is 0 Å². The molecule has 2 aromatic heterocycles. The van der Waals surface area contributed by atoms with Crippen LogP contribution in [-0.4, -0.2) is 52.6 Å². The van der Waals surface area contributed by atoms with Crippen molar-refractivity contribution in [2.45, 2.75) is 20.3 Å². The van der Waals surface area contributed by atoms with Crippen LogP contribution in [0, 0.1) is 0 Å². The molecule has 0 aliphatic rings. The number of allylic oxidation sites excluding steroid dienone is 1. The Kier molecular flexibility index (Phi) is 8.80. The molecule has 0 aliphatic heterocycles. The summed E-state index contributed by atoms with van der Waals surface area (Å²) in [6, 6.07) is 7.22. The number of hydrogen-bond acceptors (Lipinski definition) is 6. The van der Waals surface area contributed by atoms with Gasteiger partial charge in [-0.15, -0.1) is 0 Å². The Morgan fingerprint density at radius 3 is 2.83 bits per heavy atom. The van der Waals surface area contributed by atoms with Crippen LogP contribution < -0.4 is 10.6 Å². The van der Waals surface area contributed by atoms with E-state index in [2.05, 4.69) is 37.2 Å². The van der Waals surface area contributed by atoms with E-state index in [1.807, 2.05) is 69.5 Å². The summed E-state index contributed by atoms with van der Waals surface area (Å²) < 4.78 is 0. The van der Waals surface area contributed by atoms with Crippen LogP contribution in [0.5, 0.6) is 0 Å². The van der Waals surface area contributed by atoms with Gasteiger partial charge in [0.15, 0.2) is 0 Å². The first-order valence-corrected chi connectivity index (χ1v) is 11.6. The molecule has 3 rings (SSSR count). The van der Waals surface area contributed by atoms with E-state index in [0.717, 1.165) is 23.1 Å². The molecule has 35 heavy (non-hydrogen) atoms. The number of carbonyl (C=O) groups excluding carboxylic acids is 1. The zero-order valence-electron chi connectivity index (χ0n) is 20.4. The zero-order chi connectivity index (χ0) is 25.4. The zero-order valence-corrected chi connectivity index (χ0v) is 21.1. The maximum Gasteiger partial charge on any atom is 0.267 e. The van der Waals surface area contributed by atoms with E-state index >= 15 is 0 Å². The number of amides is 1. The second-order valence-corrected chi connectivity index (χ2v) is 8.42. The Bertz CT molecular complexity index is 1300. The number of fused-ring (bicyclic) bond motifs is 1. The van der Waals surface area contributed by atoms with E-state index < -0.39 is 0 Å². The van der Waals surface area contributed by atoms with E-state index in [-0.39, 0.29) is 5.91 Å². The Morgan fingerprint density at radius 1 is 1.31 bits per heavy atom. The number of aromatic amines is 1. The molecule has 0 bridgehead atoms. The van der Waals surface area contributed by atoms with E-state index in [1.165, 1.54) is 0 Å². The predicted molar refractivity (Wildman–Crippen MR) is 145 cm³/mol. The monoisotopic (exact) mass is 491 g/mol. The molecule has 2 heterocycles. The van der Waals surface area contributed by atoms with Gasteiger partial charge in [-0.05, 0) is 55.5 Å². The van der Waals surface area contributed by atoms with Gasteiger partial charge in [0.05, 0.1) is 21.9 Å². The number of rotatable bonds is 10. The quantitative estimate of drug-likeness (QED) is 0.255. The van der Waals surface area contributed by atoms with Crippen molar-refractivity contribution in [3.63, 3.8) is 0 Å². The first-order valence-electron chi connectivity index (χ1n) is 11.2. The molecule has 8 nitrogen and oxygen atoms in total. The summed E-state index contributed by atoms with van der Waals surface area (Å²) in [6.45, 7) is 8.23. The minimum absolute atomic E-state index is 0.242. The molecule has 1 amide bonds. The third kappa shape index (κ3) is 7.04. The summed E-state index contributed by atoms with van der Waals surface area (Å²) in [4.78, 5) is 31.0. The molecule has 3 N–H and O–H groups in total. The Morgan fingerprint density at radius 2 is 2.11 bits per heavy atom. The molecule has 0 saturated heterocycles. The van der Waals surface area contributed by atoms with Gasteiger partial charge >= 0.3 is 0 Å². The lowest BCUT2D eigenvalue weighted by Gasteiger charge is -2.08. The first kappa shape index (κ1) is 25.7. The van der Waals surface area contributed by atoms with E-state index in [4.69, 9.17) is 11.6 Å². The molecule has 0 fully saturated rings. The fraction of sp³-hybridized carbons (Fsp3) is 0.231. The maximum atomic E-state index is 12.6. The molecule has 3 aromatic rings. The maximum absolute atomic E-state index is 12.6. The second kappa shape index (κ2) is 12.0. The summed E-state index contributed by atoms with van der Waals surface area (Å²) in [6.07, 6.45) is 9.99. The van der Waals surface area contributed by atoms with E-state index in [9.17, 15) is 4.79 Å². The number of anilines is 2.